The van der Waals surface area contributed by atoms with E-state index in [-0.39, 0.29) is 113 Å². The van der Waals surface area contributed by atoms with Crippen LogP contribution in [0.25, 0.3) is 0 Å². The van der Waals surface area contributed by atoms with E-state index in [1.54, 1.807) is 0 Å². The minimum atomic E-state index is -5.70. The Labute approximate surface area is 294 Å². The summed E-state index contributed by atoms with van der Waals surface area (Å²) in [5, 5.41) is 0. The van der Waals surface area contributed by atoms with E-state index in [9.17, 15) is 47.6 Å². The Balaban J connectivity index is -0.000000133. The fourth-order valence-electron chi connectivity index (χ4n) is 0.597. The molecule has 0 amide bonds. The summed E-state index contributed by atoms with van der Waals surface area (Å²) in [6.45, 7) is -1.95. The molecule has 0 saturated heterocycles. The Kier molecular flexibility index (Phi) is 29.0. The zero-order valence-electron chi connectivity index (χ0n) is 14.3. The van der Waals surface area contributed by atoms with Gasteiger partial charge in [0.1, 0.15) is 13.2 Å². The van der Waals surface area contributed by atoms with E-state index >= 15 is 0 Å². The van der Waals surface area contributed by atoms with Gasteiger partial charge in [-0.15, -0.1) is 0 Å². The van der Waals surface area contributed by atoms with Crippen LogP contribution in [0.3, 0.4) is 0 Å². The predicted molar refractivity (Wildman–Crippen MR) is 102 cm³/mol. The fraction of sp³-hybridized carbons (Fsp3) is 1.00. The summed E-state index contributed by atoms with van der Waals surface area (Å²) in [6.07, 6.45) is 0. The molecule has 31 heavy (non-hydrogen) atoms. The number of hydrogen-bond acceptors (Lipinski definition) is 14. The number of alkyl halides is 6. The molecule has 0 spiro atoms. The Hall–Kier alpha value is 6.04. The molecule has 0 heterocycles. The van der Waals surface area contributed by atoms with Crippen LogP contribution >= 0.6 is 101 Å². The maximum absolute atomic E-state index is 10.5. The summed E-state index contributed by atoms with van der Waals surface area (Å²) in [6, 6.07) is 0. The van der Waals surface area contributed by atoms with E-state index in [0.29, 0.717) is 0 Å². The maximum Gasteiger partial charge on any atom is 2.00 e. The van der Waals surface area contributed by atoms with Gasteiger partial charge in [-0.3, -0.25) is 17.8 Å². The van der Waals surface area contributed by atoms with Crippen LogP contribution in [0.2, 0.25) is 0 Å². The van der Waals surface area contributed by atoms with Gasteiger partial charge < -0.3 is 47.5 Å². The summed E-state index contributed by atoms with van der Waals surface area (Å²) < 4.78 is 50.3. The second-order valence-corrected chi connectivity index (χ2v) is 14.2. The van der Waals surface area contributed by atoms with Gasteiger partial charge in [0.05, 0.1) is 15.6 Å². The van der Waals surface area contributed by atoms with Crippen molar-refractivity contribution in [3.05, 3.63) is 0 Å². The molecule has 0 aromatic heterocycles. The molecule has 0 aliphatic carbocycles. The number of rotatable bonds is 8. The van der Waals surface area contributed by atoms with Gasteiger partial charge in [-0.05, 0) is 0 Å². The van der Waals surface area contributed by atoms with E-state index in [2.05, 4.69) is 17.7 Å². The van der Waals surface area contributed by atoms with Crippen molar-refractivity contribution in [2.75, 3.05) is 13.2 Å². The van der Waals surface area contributed by atoms with Crippen molar-refractivity contribution < 1.29 is 65.3 Å². The molecule has 0 aromatic rings. The molecular formula is C4H4Ca3Cl6O14P4. The first-order valence-electron chi connectivity index (χ1n) is 5.34. The van der Waals surface area contributed by atoms with E-state index in [1.807, 2.05) is 0 Å². The van der Waals surface area contributed by atoms with Crippen molar-refractivity contribution in [1.29, 1.82) is 0 Å². The molecule has 0 saturated carbocycles. The third kappa shape index (κ3) is 40.7. The van der Waals surface area contributed by atoms with Gasteiger partial charge in [-0.2, -0.15) is 0 Å². The Morgan fingerprint density at radius 1 is 0.548 bits per heavy atom. The van der Waals surface area contributed by atoms with E-state index in [1.165, 1.54) is 0 Å². The van der Waals surface area contributed by atoms with Crippen LogP contribution in [0.4, 0.5) is 0 Å². The van der Waals surface area contributed by atoms with Gasteiger partial charge in [-0.25, -0.2) is 0 Å². The van der Waals surface area contributed by atoms with Crippen molar-refractivity contribution in [2.24, 2.45) is 0 Å². The Bertz CT molecular complexity index is 631. The predicted octanol–water partition coefficient (Wildman–Crippen LogP) is -1.77. The number of phosphoric acid groups is 4. The summed E-state index contributed by atoms with van der Waals surface area (Å²) in [4.78, 5) is 60.5. The molecule has 0 radical (unpaired) electrons. The van der Waals surface area contributed by atoms with Crippen LogP contribution in [-0.2, 0) is 35.9 Å². The molecule has 0 fully saturated rings. The third-order valence-electron chi connectivity index (χ3n) is 1.17. The number of halogens is 6. The van der Waals surface area contributed by atoms with Crippen LogP contribution in [0.5, 0.6) is 0 Å². The standard InChI is InChI=1S/2C2H5Cl3O7P2.3Ca/c2*3-2(4,5)1-11-14(9,10)12-13(6,7)8;;;/h2*1H2,(H,9,10)(H2,6,7,8);;;/q;;3*+2/p-6. The Morgan fingerprint density at radius 2 is 0.742 bits per heavy atom. The number of hydrogen-bond donors (Lipinski definition) is 0. The monoisotopic (exact) mass is 730 g/mol. The van der Waals surface area contributed by atoms with E-state index in [4.69, 9.17) is 69.6 Å². The first-order chi connectivity index (χ1) is 11.8. The van der Waals surface area contributed by atoms with Crippen molar-refractivity contribution >= 4 is 214 Å². The smallest absolute Gasteiger partial charge is 0.790 e. The topological polar surface area (TPSA) is 244 Å². The van der Waals surface area contributed by atoms with Crippen LogP contribution in [-0.4, -0.2) is 134 Å². The molecular weight excluding hydrogens is 729 g/mol. The van der Waals surface area contributed by atoms with Gasteiger partial charge >= 0.3 is 113 Å². The van der Waals surface area contributed by atoms with Gasteiger partial charge in [0.25, 0.3) is 15.6 Å². The summed E-state index contributed by atoms with van der Waals surface area (Å²) in [7, 11) is -22.0. The molecule has 172 valence electrons. The summed E-state index contributed by atoms with van der Waals surface area (Å²) in [5.41, 5.74) is 0. The molecule has 0 bridgehead atoms. The zero-order chi connectivity index (χ0) is 23.2. The van der Waals surface area contributed by atoms with Gasteiger partial charge in [0.15, 0.2) is 0 Å². The zero-order valence-corrected chi connectivity index (χ0v) is 29.0. The normalized spacial score (nSPS) is 16.1. The quantitative estimate of drug-likeness (QED) is 0.152. The Morgan fingerprint density at radius 3 is 0.871 bits per heavy atom. The average Bonchev–Trinajstić information content (AvgIpc) is 2.28. The van der Waals surface area contributed by atoms with E-state index in [0.717, 1.165) is 0 Å². The molecule has 0 rings (SSSR count). The SMILES string of the molecule is O=P([O-])([O-])OP(=O)([O-])OCC(Cl)(Cl)Cl.O=P([O-])([O-])OP(=O)([O-])OCC(Cl)(Cl)Cl.[Ca+2].[Ca+2].[Ca+2]. The molecule has 2 unspecified atom stereocenters. The minimum absolute atomic E-state index is 0. The molecule has 0 aromatic carbocycles. The molecule has 0 aliphatic rings. The van der Waals surface area contributed by atoms with E-state index < -0.39 is 52.1 Å². The maximum atomic E-state index is 10.5. The van der Waals surface area contributed by atoms with Crippen molar-refractivity contribution in [1.82, 2.24) is 0 Å². The van der Waals surface area contributed by atoms with Gasteiger partial charge in [-0.1, -0.05) is 69.6 Å². The van der Waals surface area contributed by atoms with Crippen molar-refractivity contribution in [3.63, 3.8) is 0 Å². The molecule has 27 heteroatoms. The second-order valence-electron chi connectivity index (χ2n) is 3.73. The summed E-state index contributed by atoms with van der Waals surface area (Å²) in [5.74, 6) is 0. The van der Waals surface area contributed by atoms with Crippen LogP contribution in [0, 0.1) is 0 Å². The van der Waals surface area contributed by atoms with Crippen LogP contribution in [0.1, 0.15) is 0 Å². The molecule has 2 atom stereocenters. The average molecular weight is 733 g/mol. The van der Waals surface area contributed by atoms with Crippen LogP contribution < -0.4 is 29.4 Å². The molecule has 14 nitrogen and oxygen atoms in total. The van der Waals surface area contributed by atoms with Crippen molar-refractivity contribution in [3.8, 4) is 0 Å². The first kappa shape index (κ1) is 46.9. The van der Waals surface area contributed by atoms with Crippen LogP contribution in [0.15, 0.2) is 0 Å². The number of phosphoric ester groups is 2. The molecule has 0 aliphatic heterocycles. The second kappa shape index (κ2) is 19.2. The largest absolute Gasteiger partial charge is 2.00 e. The minimum Gasteiger partial charge on any atom is -0.790 e. The third-order valence-corrected chi connectivity index (χ3v) is 5.92. The fourth-order valence-corrected chi connectivity index (χ4v) is 4.42. The molecule has 0 N–H and O–H groups in total. The first-order valence-corrected chi connectivity index (χ1v) is 13.4. The van der Waals surface area contributed by atoms with Gasteiger partial charge in [0.2, 0.25) is 7.59 Å². The van der Waals surface area contributed by atoms with Crippen molar-refractivity contribution in [2.45, 2.75) is 7.59 Å². The summed E-state index contributed by atoms with van der Waals surface area (Å²) >= 11 is 30.5. The van der Waals surface area contributed by atoms with Gasteiger partial charge in [0, 0.05) is 0 Å².